The number of aromatic nitrogens is 5. The van der Waals surface area contributed by atoms with Gasteiger partial charge in [-0.2, -0.15) is 36.4 Å². The van der Waals surface area contributed by atoms with Crippen LogP contribution in [0.2, 0.25) is 0 Å². The average Bonchev–Trinajstić information content (AvgIpc) is 3.37. The lowest BCUT2D eigenvalue weighted by molar-refractivity contribution is -0.141. The summed E-state index contributed by atoms with van der Waals surface area (Å²) >= 11 is 0. The first-order valence-electron chi connectivity index (χ1n) is 12.3. The summed E-state index contributed by atoms with van der Waals surface area (Å²) in [4.78, 5) is 24.9. The van der Waals surface area contributed by atoms with E-state index < -0.39 is 42.2 Å². The standard InChI is InChI=1S/C26H23F6N7O4/c1-13-3-21(26(30,31)32)38-39(13)22-20(14-4-15(9-33-8-14)23(42)34-10-18(41)12-40)11-35-24(37-22)36-17-5-16(25(27,28)29)6-19(7-17)43-2/h3-9,11,18,40-41H,10,12H2,1-2H3,(H,34,42)(H,35,36,37). The number of benzene rings is 1. The van der Waals surface area contributed by atoms with Crippen molar-refractivity contribution in [2.75, 3.05) is 25.6 Å². The minimum Gasteiger partial charge on any atom is -0.497 e. The molecule has 3 aromatic heterocycles. The van der Waals surface area contributed by atoms with Gasteiger partial charge in [0, 0.05) is 53.7 Å². The molecule has 1 unspecified atom stereocenters. The van der Waals surface area contributed by atoms with Crippen LogP contribution in [0, 0.1) is 6.92 Å². The third kappa shape index (κ3) is 7.36. The lowest BCUT2D eigenvalue weighted by Crippen LogP contribution is -2.33. The molecule has 4 aromatic rings. The second-order valence-corrected chi connectivity index (χ2v) is 9.09. The number of methoxy groups -OCH3 is 1. The fourth-order valence-electron chi connectivity index (χ4n) is 3.80. The van der Waals surface area contributed by atoms with Crippen LogP contribution in [0.25, 0.3) is 16.9 Å². The Bertz CT molecular complexity index is 1620. The Hall–Kier alpha value is -4.77. The van der Waals surface area contributed by atoms with Crippen LogP contribution in [0.4, 0.5) is 38.0 Å². The predicted molar refractivity (Wildman–Crippen MR) is 139 cm³/mol. The highest BCUT2D eigenvalue weighted by Gasteiger charge is 2.35. The van der Waals surface area contributed by atoms with Gasteiger partial charge in [-0.25, -0.2) is 9.67 Å². The van der Waals surface area contributed by atoms with Crippen LogP contribution in [-0.2, 0) is 12.4 Å². The van der Waals surface area contributed by atoms with Gasteiger partial charge >= 0.3 is 12.4 Å². The molecule has 0 aliphatic carbocycles. The maximum atomic E-state index is 13.5. The molecule has 4 rings (SSSR count). The van der Waals surface area contributed by atoms with Crippen LogP contribution in [0.3, 0.4) is 0 Å². The van der Waals surface area contributed by atoms with Crippen molar-refractivity contribution in [1.29, 1.82) is 0 Å². The van der Waals surface area contributed by atoms with Crippen molar-refractivity contribution < 1.29 is 46.1 Å². The number of halogens is 6. The zero-order valence-electron chi connectivity index (χ0n) is 22.3. The molecule has 1 amide bonds. The van der Waals surface area contributed by atoms with E-state index in [1.807, 2.05) is 0 Å². The summed E-state index contributed by atoms with van der Waals surface area (Å²) in [6.07, 6.45) is -7.04. The number of carbonyl (C=O) groups is 1. The SMILES string of the molecule is COc1cc(Nc2ncc(-c3cncc(C(=O)NCC(O)CO)c3)c(-n3nc(C(F)(F)F)cc3C)n2)cc(C(F)(F)F)c1. The molecule has 4 N–H and O–H groups in total. The average molecular weight is 612 g/mol. The number of aliphatic hydroxyl groups excluding tert-OH is 2. The molecule has 3 heterocycles. The third-order valence-electron chi connectivity index (χ3n) is 5.89. The van der Waals surface area contributed by atoms with Crippen LogP contribution in [0.5, 0.6) is 5.75 Å². The van der Waals surface area contributed by atoms with Crippen molar-refractivity contribution in [3.63, 3.8) is 0 Å². The quantitative estimate of drug-likeness (QED) is 0.207. The van der Waals surface area contributed by atoms with Crippen LogP contribution < -0.4 is 15.4 Å². The molecule has 0 fully saturated rings. The van der Waals surface area contributed by atoms with Gasteiger partial charge in [-0.05, 0) is 31.2 Å². The van der Waals surface area contributed by atoms with E-state index in [1.54, 1.807) is 0 Å². The Kier molecular flexibility index (Phi) is 8.86. The summed E-state index contributed by atoms with van der Waals surface area (Å²) in [7, 11) is 1.18. The van der Waals surface area contributed by atoms with E-state index in [0.717, 1.165) is 22.9 Å². The molecule has 0 spiro atoms. The number of alkyl halides is 6. The number of aliphatic hydroxyl groups is 2. The van der Waals surface area contributed by atoms with Gasteiger partial charge in [0.15, 0.2) is 11.5 Å². The van der Waals surface area contributed by atoms with E-state index >= 15 is 0 Å². The van der Waals surface area contributed by atoms with E-state index in [-0.39, 0.29) is 52.1 Å². The predicted octanol–water partition coefficient (Wildman–Crippen LogP) is 3.91. The van der Waals surface area contributed by atoms with E-state index in [2.05, 4.69) is 30.7 Å². The Labute approximate surface area is 239 Å². The number of nitrogens with one attached hydrogen (secondary N) is 2. The van der Waals surface area contributed by atoms with Crippen LogP contribution in [0.1, 0.15) is 27.3 Å². The van der Waals surface area contributed by atoms with E-state index in [1.165, 1.54) is 44.8 Å². The zero-order valence-corrected chi connectivity index (χ0v) is 22.3. The summed E-state index contributed by atoms with van der Waals surface area (Å²) in [5.41, 5.74) is -2.11. The Morgan fingerprint density at radius 3 is 2.42 bits per heavy atom. The first kappa shape index (κ1) is 31.2. The summed E-state index contributed by atoms with van der Waals surface area (Å²) in [5.74, 6) is -1.29. The van der Waals surface area contributed by atoms with Crippen LogP contribution >= 0.6 is 0 Å². The van der Waals surface area contributed by atoms with Gasteiger partial charge in [0.1, 0.15) is 5.75 Å². The molecule has 0 aliphatic heterocycles. The molecule has 1 aromatic carbocycles. The molecule has 0 bridgehead atoms. The number of pyridine rings is 1. The molecular formula is C26H23F6N7O4. The molecule has 43 heavy (non-hydrogen) atoms. The third-order valence-corrected chi connectivity index (χ3v) is 5.89. The Balaban J connectivity index is 1.81. The van der Waals surface area contributed by atoms with E-state index in [9.17, 15) is 36.2 Å². The smallest absolute Gasteiger partial charge is 0.435 e. The van der Waals surface area contributed by atoms with Gasteiger partial charge in [-0.1, -0.05) is 0 Å². The highest BCUT2D eigenvalue weighted by atomic mass is 19.4. The molecule has 228 valence electrons. The van der Waals surface area contributed by atoms with Crippen LogP contribution in [0.15, 0.2) is 48.9 Å². The molecule has 0 saturated carbocycles. The second-order valence-electron chi connectivity index (χ2n) is 9.09. The first-order valence-corrected chi connectivity index (χ1v) is 12.3. The number of hydrogen-bond acceptors (Lipinski definition) is 9. The number of rotatable bonds is 9. The minimum atomic E-state index is -4.79. The number of amides is 1. The summed E-state index contributed by atoms with van der Waals surface area (Å²) in [5, 5.41) is 27.1. The monoisotopic (exact) mass is 611 g/mol. The molecule has 0 saturated heterocycles. The zero-order chi connectivity index (χ0) is 31.5. The molecule has 1 atom stereocenters. The fraction of sp³-hybridized carbons (Fsp3) is 0.269. The van der Waals surface area contributed by atoms with Gasteiger partial charge in [0.25, 0.3) is 5.91 Å². The topological polar surface area (TPSA) is 147 Å². The lowest BCUT2D eigenvalue weighted by Gasteiger charge is -2.15. The summed E-state index contributed by atoms with van der Waals surface area (Å²) < 4.78 is 86.5. The van der Waals surface area contributed by atoms with Crippen molar-refractivity contribution >= 4 is 17.5 Å². The summed E-state index contributed by atoms with van der Waals surface area (Å²) in [6, 6.07) is 4.93. The minimum absolute atomic E-state index is 0.0000183. The number of hydrogen-bond donors (Lipinski definition) is 4. The molecular weight excluding hydrogens is 588 g/mol. The number of nitrogens with zero attached hydrogens (tertiary/aromatic N) is 5. The largest absolute Gasteiger partial charge is 0.497 e. The van der Waals surface area contributed by atoms with Gasteiger partial charge < -0.3 is 25.6 Å². The van der Waals surface area contributed by atoms with Crippen molar-refractivity contribution in [3.8, 4) is 22.7 Å². The molecule has 0 aliphatic rings. The van der Waals surface area contributed by atoms with Crippen molar-refractivity contribution in [2.24, 2.45) is 0 Å². The van der Waals surface area contributed by atoms with Crippen molar-refractivity contribution in [3.05, 3.63) is 71.4 Å². The Morgan fingerprint density at radius 1 is 1.05 bits per heavy atom. The molecule has 11 nitrogen and oxygen atoms in total. The normalized spacial score (nSPS) is 12.6. The van der Waals surface area contributed by atoms with Gasteiger partial charge in [-0.3, -0.25) is 9.78 Å². The molecule has 17 heteroatoms. The van der Waals surface area contributed by atoms with Gasteiger partial charge in [0.05, 0.1) is 30.9 Å². The lowest BCUT2D eigenvalue weighted by atomic mass is 10.1. The fourth-order valence-corrected chi connectivity index (χ4v) is 3.80. The highest BCUT2D eigenvalue weighted by Crippen LogP contribution is 2.36. The number of ether oxygens (including phenoxy) is 1. The number of aryl methyl sites for hydroxylation is 1. The number of anilines is 2. The second kappa shape index (κ2) is 12.2. The number of carbonyl (C=O) groups excluding carboxylic acids is 1. The van der Waals surface area contributed by atoms with Gasteiger partial charge in [-0.15, -0.1) is 0 Å². The van der Waals surface area contributed by atoms with E-state index in [0.29, 0.717) is 0 Å². The van der Waals surface area contributed by atoms with Crippen LogP contribution in [-0.4, -0.2) is 67.2 Å². The Morgan fingerprint density at radius 2 is 1.79 bits per heavy atom. The van der Waals surface area contributed by atoms with Gasteiger partial charge in [0.2, 0.25) is 5.95 Å². The van der Waals surface area contributed by atoms with Crippen molar-refractivity contribution in [1.82, 2.24) is 30.0 Å². The molecule has 0 radical (unpaired) electrons. The maximum Gasteiger partial charge on any atom is 0.435 e. The van der Waals surface area contributed by atoms with Crippen molar-refractivity contribution in [2.45, 2.75) is 25.4 Å². The maximum absolute atomic E-state index is 13.5. The first-order chi connectivity index (χ1) is 20.2. The summed E-state index contributed by atoms with van der Waals surface area (Å²) in [6.45, 7) is 0.491. The highest BCUT2D eigenvalue weighted by molar-refractivity contribution is 5.95. The van der Waals surface area contributed by atoms with E-state index in [4.69, 9.17) is 9.84 Å².